The van der Waals surface area contributed by atoms with Gasteiger partial charge in [0.2, 0.25) is 0 Å². The van der Waals surface area contributed by atoms with Crippen LogP contribution in [-0.2, 0) is 11.2 Å². The van der Waals surface area contributed by atoms with Crippen molar-refractivity contribution in [2.45, 2.75) is 19.4 Å². The maximum atomic E-state index is 5.54. The molecule has 1 fully saturated rings. The Morgan fingerprint density at radius 2 is 2.10 bits per heavy atom. The summed E-state index contributed by atoms with van der Waals surface area (Å²) in [4.78, 5) is 8.73. The van der Waals surface area contributed by atoms with E-state index in [1.54, 1.807) is 11.3 Å². The van der Waals surface area contributed by atoms with Gasteiger partial charge in [-0.1, -0.05) is 12.1 Å². The quantitative estimate of drug-likeness (QED) is 0.423. The van der Waals surface area contributed by atoms with E-state index in [9.17, 15) is 0 Å². The van der Waals surface area contributed by atoms with Crippen molar-refractivity contribution < 1.29 is 4.74 Å². The van der Waals surface area contributed by atoms with Crippen molar-refractivity contribution in [3.05, 3.63) is 52.6 Å². The molecule has 4 rings (SSSR count). The molecule has 0 saturated carbocycles. The van der Waals surface area contributed by atoms with Crippen LogP contribution in [0.25, 0.3) is 5.65 Å². The second-order valence-corrected chi connectivity index (χ2v) is 8.10. The number of rotatable bonds is 8. The Balaban J connectivity index is 1.39. The molecule has 0 aromatic carbocycles. The van der Waals surface area contributed by atoms with Crippen LogP contribution >= 0.6 is 11.3 Å². The van der Waals surface area contributed by atoms with Gasteiger partial charge >= 0.3 is 0 Å². The summed E-state index contributed by atoms with van der Waals surface area (Å²) >= 11 is 1.80. The van der Waals surface area contributed by atoms with E-state index in [1.807, 2.05) is 28.8 Å². The number of hydrogen-bond acceptors (Lipinski definition) is 6. The van der Waals surface area contributed by atoms with Crippen molar-refractivity contribution in [2.24, 2.45) is 4.99 Å². The van der Waals surface area contributed by atoms with Gasteiger partial charge in [0.25, 0.3) is 0 Å². The van der Waals surface area contributed by atoms with Crippen molar-refractivity contribution in [2.75, 3.05) is 45.9 Å². The van der Waals surface area contributed by atoms with Gasteiger partial charge in [-0.15, -0.1) is 21.5 Å². The predicted molar refractivity (Wildman–Crippen MR) is 120 cm³/mol. The molecular formula is C21H29N7OS. The Bertz CT molecular complexity index is 934. The van der Waals surface area contributed by atoms with Crippen LogP contribution in [0.4, 0.5) is 0 Å². The molecule has 0 spiro atoms. The molecule has 160 valence electrons. The van der Waals surface area contributed by atoms with Crippen molar-refractivity contribution >= 4 is 22.9 Å². The van der Waals surface area contributed by atoms with Gasteiger partial charge in [0.05, 0.1) is 25.8 Å². The van der Waals surface area contributed by atoms with Crippen LogP contribution in [-0.4, -0.2) is 71.4 Å². The molecule has 30 heavy (non-hydrogen) atoms. The fraction of sp³-hybridized carbons (Fsp3) is 0.476. The lowest BCUT2D eigenvalue weighted by Gasteiger charge is -2.33. The Labute approximate surface area is 181 Å². The number of fused-ring (bicyclic) bond motifs is 1. The van der Waals surface area contributed by atoms with Gasteiger partial charge in [-0.2, -0.15) is 0 Å². The first-order valence-electron chi connectivity index (χ1n) is 10.5. The molecule has 0 radical (unpaired) electrons. The molecule has 0 aliphatic carbocycles. The van der Waals surface area contributed by atoms with Crippen LogP contribution in [0.2, 0.25) is 0 Å². The van der Waals surface area contributed by atoms with E-state index in [1.165, 1.54) is 4.88 Å². The number of thiophene rings is 1. The lowest BCUT2D eigenvalue weighted by atomic mass is 10.2. The SMILES string of the molecule is CCNC(=NCC(c1cccs1)N1CCOCC1)NCCc1nnc2ccccn12. The molecule has 1 aliphatic rings. The topological polar surface area (TPSA) is 79.1 Å². The number of hydrogen-bond donors (Lipinski definition) is 2. The Kier molecular flexibility index (Phi) is 7.28. The number of aliphatic imine (C=N–C) groups is 1. The van der Waals surface area contributed by atoms with E-state index in [0.717, 1.165) is 63.2 Å². The second kappa shape index (κ2) is 10.5. The summed E-state index contributed by atoms with van der Waals surface area (Å²) in [6.45, 7) is 7.83. The van der Waals surface area contributed by atoms with Crippen molar-refractivity contribution in [1.82, 2.24) is 30.1 Å². The smallest absolute Gasteiger partial charge is 0.191 e. The molecule has 2 N–H and O–H groups in total. The van der Waals surface area contributed by atoms with E-state index in [0.29, 0.717) is 6.54 Å². The van der Waals surface area contributed by atoms with Crippen LogP contribution in [0.3, 0.4) is 0 Å². The summed E-state index contributed by atoms with van der Waals surface area (Å²) in [5, 5.41) is 17.5. The summed E-state index contributed by atoms with van der Waals surface area (Å²) in [5.74, 6) is 1.78. The van der Waals surface area contributed by atoms with Gasteiger partial charge in [-0.05, 0) is 30.5 Å². The number of nitrogens with zero attached hydrogens (tertiary/aromatic N) is 5. The third kappa shape index (κ3) is 5.16. The molecule has 1 atom stereocenters. The lowest BCUT2D eigenvalue weighted by molar-refractivity contribution is 0.0186. The number of nitrogens with one attached hydrogen (secondary N) is 2. The number of guanidine groups is 1. The zero-order chi connectivity index (χ0) is 20.6. The molecule has 1 saturated heterocycles. The zero-order valence-corrected chi connectivity index (χ0v) is 18.1. The van der Waals surface area contributed by atoms with Gasteiger partial charge in [-0.25, -0.2) is 0 Å². The minimum Gasteiger partial charge on any atom is -0.379 e. The first-order chi connectivity index (χ1) is 14.8. The molecule has 0 amide bonds. The molecule has 4 heterocycles. The molecule has 9 heteroatoms. The molecule has 8 nitrogen and oxygen atoms in total. The largest absolute Gasteiger partial charge is 0.379 e. The van der Waals surface area contributed by atoms with Gasteiger partial charge in [0, 0.05) is 43.7 Å². The first kappa shape index (κ1) is 20.8. The Morgan fingerprint density at radius 1 is 1.20 bits per heavy atom. The molecular weight excluding hydrogens is 398 g/mol. The third-order valence-corrected chi connectivity index (χ3v) is 6.12. The van der Waals surface area contributed by atoms with Crippen LogP contribution in [0, 0.1) is 0 Å². The fourth-order valence-electron chi connectivity index (χ4n) is 3.63. The van der Waals surface area contributed by atoms with E-state index >= 15 is 0 Å². The number of ether oxygens (including phenoxy) is 1. The monoisotopic (exact) mass is 427 g/mol. The maximum Gasteiger partial charge on any atom is 0.191 e. The highest BCUT2D eigenvalue weighted by Gasteiger charge is 2.23. The van der Waals surface area contributed by atoms with Crippen LogP contribution in [0.15, 0.2) is 46.9 Å². The van der Waals surface area contributed by atoms with Crippen LogP contribution in [0.5, 0.6) is 0 Å². The van der Waals surface area contributed by atoms with E-state index < -0.39 is 0 Å². The van der Waals surface area contributed by atoms with Gasteiger partial charge in [0.1, 0.15) is 5.82 Å². The van der Waals surface area contributed by atoms with E-state index in [2.05, 4.69) is 50.2 Å². The molecule has 0 bridgehead atoms. The zero-order valence-electron chi connectivity index (χ0n) is 17.3. The minimum absolute atomic E-state index is 0.282. The van der Waals surface area contributed by atoms with E-state index in [4.69, 9.17) is 9.73 Å². The van der Waals surface area contributed by atoms with Gasteiger partial charge < -0.3 is 15.4 Å². The number of aromatic nitrogens is 3. The number of pyridine rings is 1. The van der Waals surface area contributed by atoms with E-state index in [-0.39, 0.29) is 6.04 Å². The average molecular weight is 428 g/mol. The summed E-state index contributed by atoms with van der Waals surface area (Å²) in [6.07, 6.45) is 2.77. The van der Waals surface area contributed by atoms with Crippen LogP contribution in [0.1, 0.15) is 23.7 Å². The first-order valence-corrected chi connectivity index (χ1v) is 11.4. The molecule has 3 aromatic heterocycles. The van der Waals surface area contributed by atoms with Crippen molar-refractivity contribution in [3.63, 3.8) is 0 Å². The fourth-order valence-corrected chi connectivity index (χ4v) is 4.48. The Morgan fingerprint density at radius 3 is 2.90 bits per heavy atom. The summed E-state index contributed by atoms with van der Waals surface area (Å²) in [5.41, 5.74) is 0.873. The highest BCUT2D eigenvalue weighted by atomic mass is 32.1. The second-order valence-electron chi connectivity index (χ2n) is 7.12. The van der Waals surface area contributed by atoms with Crippen LogP contribution < -0.4 is 10.6 Å². The predicted octanol–water partition coefficient (Wildman–Crippen LogP) is 1.96. The molecule has 1 aliphatic heterocycles. The minimum atomic E-state index is 0.282. The average Bonchev–Trinajstić information content (AvgIpc) is 3.45. The summed E-state index contributed by atoms with van der Waals surface area (Å²) in [6, 6.07) is 10.5. The van der Waals surface area contributed by atoms with Gasteiger partial charge in [0.15, 0.2) is 11.6 Å². The molecule has 3 aromatic rings. The third-order valence-electron chi connectivity index (χ3n) is 5.15. The number of morpholine rings is 1. The normalized spacial score (nSPS) is 16.6. The summed E-state index contributed by atoms with van der Waals surface area (Å²) < 4.78 is 7.56. The maximum absolute atomic E-state index is 5.54. The molecule has 1 unspecified atom stereocenters. The Hall–Kier alpha value is -2.49. The van der Waals surface area contributed by atoms with Crippen molar-refractivity contribution in [1.29, 1.82) is 0 Å². The summed E-state index contributed by atoms with van der Waals surface area (Å²) in [7, 11) is 0. The van der Waals surface area contributed by atoms with Gasteiger partial charge in [-0.3, -0.25) is 14.3 Å². The standard InChI is InChI=1S/C21H29N7OS/c1-2-22-21(23-9-8-20-26-25-19-7-3-4-10-28(19)20)24-16-17(18-6-5-15-30-18)27-11-13-29-14-12-27/h3-7,10,15,17H,2,8-9,11-14,16H2,1H3,(H2,22,23,24). The van der Waals surface area contributed by atoms with Crippen molar-refractivity contribution in [3.8, 4) is 0 Å². The lowest BCUT2D eigenvalue weighted by Crippen LogP contribution is -2.42. The highest BCUT2D eigenvalue weighted by molar-refractivity contribution is 7.10. The highest BCUT2D eigenvalue weighted by Crippen LogP contribution is 2.26.